The minimum atomic E-state index is -0.496. The molecule has 2 unspecified atom stereocenters. The van der Waals surface area contributed by atoms with Crippen molar-refractivity contribution in [2.75, 3.05) is 22.9 Å². The van der Waals surface area contributed by atoms with Crippen molar-refractivity contribution >= 4 is 48.6 Å². The Bertz CT molecular complexity index is 1660. The molecular formula is C46H59Cl2N2PRu+2. The molecule has 278 valence electrons. The second-order valence-corrected chi connectivity index (χ2v) is 20.7. The van der Waals surface area contributed by atoms with Crippen molar-refractivity contribution in [3.8, 4) is 0 Å². The zero-order chi connectivity index (χ0) is 35.9. The van der Waals surface area contributed by atoms with E-state index < -0.39 is 12.5 Å². The predicted octanol–water partition coefficient (Wildman–Crippen LogP) is 13.6. The molecular weight excluding hydrogens is 783 g/mol. The Morgan fingerprint density at radius 2 is 1.10 bits per heavy atom. The summed E-state index contributed by atoms with van der Waals surface area (Å²) in [5, 5.41) is -0.128. The molecule has 1 heterocycles. The fraction of sp³-hybridized carbons (Fsp3) is 0.522. The van der Waals surface area contributed by atoms with E-state index >= 15 is 0 Å². The van der Waals surface area contributed by atoms with Crippen molar-refractivity contribution in [3.63, 3.8) is 0 Å². The van der Waals surface area contributed by atoms with Crippen LogP contribution in [0.1, 0.15) is 116 Å². The summed E-state index contributed by atoms with van der Waals surface area (Å²) in [6.45, 7) is 15.4. The first-order valence-electron chi connectivity index (χ1n) is 19.9. The van der Waals surface area contributed by atoms with Crippen LogP contribution in [0, 0.1) is 41.5 Å². The molecule has 3 aromatic rings. The number of halogens is 2. The van der Waals surface area contributed by atoms with Crippen LogP contribution in [0.25, 0.3) is 6.08 Å². The molecule has 3 aromatic carbocycles. The second-order valence-electron chi connectivity index (χ2n) is 16.3. The van der Waals surface area contributed by atoms with Crippen molar-refractivity contribution < 1.29 is 19.5 Å². The van der Waals surface area contributed by atoms with E-state index in [1.165, 1.54) is 131 Å². The van der Waals surface area contributed by atoms with Gasteiger partial charge in [0.2, 0.25) is 0 Å². The fourth-order valence-electron chi connectivity index (χ4n) is 10.5. The summed E-state index contributed by atoms with van der Waals surface area (Å²) < 4.78 is -0.419. The Labute approximate surface area is 339 Å². The summed E-state index contributed by atoms with van der Waals surface area (Å²) in [5.41, 5.74) is 15.8. The Kier molecular flexibility index (Phi) is 13.1. The third-order valence-electron chi connectivity index (χ3n) is 12.3. The van der Waals surface area contributed by atoms with Crippen LogP contribution in [0.4, 0.5) is 11.4 Å². The maximum Gasteiger partial charge on any atom is 2.00 e. The Balaban J connectivity index is 0.00000464. The predicted molar refractivity (Wildman–Crippen MR) is 226 cm³/mol. The molecule has 0 aromatic heterocycles. The van der Waals surface area contributed by atoms with Gasteiger partial charge in [0.05, 0.1) is 9.99 Å². The summed E-state index contributed by atoms with van der Waals surface area (Å²) in [5.74, 6) is 1.26. The molecule has 7 rings (SSSR count). The molecule has 3 aliphatic carbocycles. The van der Waals surface area contributed by atoms with Gasteiger partial charge in [0, 0.05) is 30.0 Å². The van der Waals surface area contributed by atoms with Gasteiger partial charge in [-0.25, -0.2) is 0 Å². The number of hydrogen-bond acceptors (Lipinski definition) is 2. The zero-order valence-corrected chi connectivity index (χ0v) is 36.5. The van der Waals surface area contributed by atoms with Crippen LogP contribution in [0.15, 0.2) is 71.6 Å². The van der Waals surface area contributed by atoms with Crippen LogP contribution >= 0.6 is 31.1 Å². The van der Waals surface area contributed by atoms with Crippen molar-refractivity contribution in [2.45, 2.75) is 140 Å². The quantitative estimate of drug-likeness (QED) is 0.139. The van der Waals surface area contributed by atoms with Gasteiger partial charge in [0.15, 0.2) is 0 Å². The van der Waals surface area contributed by atoms with Gasteiger partial charge in [-0.3, -0.25) is 0 Å². The Hall–Kier alpha value is -1.63. The van der Waals surface area contributed by atoms with Crippen LogP contribution in [0.3, 0.4) is 0 Å². The molecule has 2 nitrogen and oxygen atoms in total. The summed E-state index contributed by atoms with van der Waals surface area (Å²) in [6, 6.07) is 20.4. The van der Waals surface area contributed by atoms with Crippen molar-refractivity contribution in [2.24, 2.45) is 0 Å². The van der Waals surface area contributed by atoms with E-state index in [4.69, 9.17) is 23.2 Å². The minimum absolute atomic E-state index is 0. The number of benzene rings is 3. The molecule has 52 heavy (non-hydrogen) atoms. The minimum Gasteiger partial charge on any atom is -0.325 e. The van der Waals surface area contributed by atoms with E-state index in [1.54, 1.807) is 0 Å². The fourth-order valence-corrected chi connectivity index (χ4v) is 16.3. The molecule has 2 atom stereocenters. The normalized spacial score (nSPS) is 24.2. The standard InChI is InChI=1S/C46H59Cl2N2P.Ru/c1-31-26-33(3)43(34(4)27-31)49-24-25-50(44-35(5)28-32(2)29-36(44)6)45(49)42-40(30-37-16-10-7-11-17-37)46(48,23-22-41(42)47)51(38-18-12-8-13-19-38)39-20-14-9-15-21-39;/h7,10-11,16-17,26-30,38-39,41H,8-9,12-15,18-25H2,1-6H3;/q;+2. The molecule has 4 fully saturated rings. The number of allylic oxidation sites excluding steroid dienone is 2. The van der Waals surface area contributed by atoms with Gasteiger partial charge in [-0.15, -0.1) is 23.2 Å². The van der Waals surface area contributed by atoms with Gasteiger partial charge in [0.25, 0.3) is 0 Å². The third-order valence-corrected chi connectivity index (χ3v) is 17.6. The van der Waals surface area contributed by atoms with Crippen molar-refractivity contribution in [1.29, 1.82) is 0 Å². The van der Waals surface area contributed by atoms with E-state index in [9.17, 15) is 0 Å². The molecule has 0 amide bonds. The van der Waals surface area contributed by atoms with E-state index in [2.05, 4.69) is 112 Å². The first-order chi connectivity index (χ1) is 24.6. The molecule has 1 saturated heterocycles. The first-order valence-corrected chi connectivity index (χ1v) is 22.2. The third kappa shape index (κ3) is 7.88. The number of rotatable bonds is 6. The van der Waals surface area contributed by atoms with Gasteiger partial charge in [0.1, 0.15) is 5.82 Å². The van der Waals surface area contributed by atoms with Gasteiger partial charge < -0.3 is 9.80 Å². The van der Waals surface area contributed by atoms with Crippen LogP contribution < -0.4 is 9.80 Å². The smallest absolute Gasteiger partial charge is 0.325 e. The van der Waals surface area contributed by atoms with Crippen LogP contribution in [-0.4, -0.2) is 34.4 Å². The average Bonchev–Trinajstić information content (AvgIpc) is 3.50. The van der Waals surface area contributed by atoms with Crippen LogP contribution in [0.2, 0.25) is 0 Å². The molecule has 1 aliphatic heterocycles. The van der Waals surface area contributed by atoms with Crippen molar-refractivity contribution in [1.82, 2.24) is 0 Å². The second kappa shape index (κ2) is 17.0. The van der Waals surface area contributed by atoms with E-state index in [1.807, 2.05) is 0 Å². The number of alkyl halides is 2. The summed E-state index contributed by atoms with van der Waals surface area (Å²) >= 11 is 16.5. The molecule has 4 aliphatic rings. The number of aryl methyl sites for hydroxylation is 6. The number of anilines is 2. The monoisotopic (exact) mass is 842 g/mol. The number of hydrogen-bond donors (Lipinski definition) is 0. The van der Waals surface area contributed by atoms with Gasteiger partial charge in [-0.1, -0.05) is 112 Å². The summed E-state index contributed by atoms with van der Waals surface area (Å²) in [4.78, 5) is 5.27. The Morgan fingerprint density at radius 3 is 1.54 bits per heavy atom. The van der Waals surface area contributed by atoms with E-state index in [-0.39, 0.29) is 24.9 Å². The zero-order valence-electron chi connectivity index (χ0n) is 32.4. The van der Waals surface area contributed by atoms with Gasteiger partial charge in [-0.2, -0.15) is 0 Å². The van der Waals surface area contributed by atoms with Gasteiger partial charge in [-0.05, 0) is 131 Å². The molecule has 0 bridgehead atoms. The SMILES string of the molecule is Cc1cc(C)c(N2CCN(c3c(C)cc(C)cc3C)C2=C2C(=Cc3ccccc3)C(Cl)(P(C3CCCCC3)C3CCCCC3)CCC2Cl)c(C)c1.[Ru+2]. The first kappa shape index (κ1) is 40.0. The van der Waals surface area contributed by atoms with Gasteiger partial charge >= 0.3 is 19.5 Å². The summed E-state index contributed by atoms with van der Waals surface area (Å²) in [7, 11) is -0.496. The topological polar surface area (TPSA) is 6.48 Å². The molecule has 0 N–H and O–H groups in total. The molecule has 0 spiro atoms. The van der Waals surface area contributed by atoms with E-state index in [0.29, 0.717) is 0 Å². The van der Waals surface area contributed by atoms with Crippen LogP contribution in [-0.2, 0) is 19.5 Å². The Morgan fingerprint density at radius 1 is 0.654 bits per heavy atom. The maximum atomic E-state index is 8.65. The maximum absolute atomic E-state index is 8.65. The largest absolute Gasteiger partial charge is 2.00 e. The van der Waals surface area contributed by atoms with Crippen molar-refractivity contribution in [3.05, 3.63) is 111 Å². The van der Waals surface area contributed by atoms with E-state index in [0.717, 1.165) is 37.2 Å². The molecule has 6 heteroatoms. The number of nitrogens with zero attached hydrogens (tertiary/aromatic N) is 2. The van der Waals surface area contributed by atoms with Crippen LogP contribution in [0.5, 0.6) is 0 Å². The molecule has 3 saturated carbocycles. The molecule has 0 radical (unpaired) electrons. The summed E-state index contributed by atoms with van der Waals surface area (Å²) in [6.07, 6.45) is 17.9. The average molecular weight is 843 g/mol.